The van der Waals surface area contributed by atoms with Crippen LogP contribution >= 0.6 is 15.9 Å². The number of ether oxygens (including phenoxy) is 1. The Bertz CT molecular complexity index is 1270. The molecule has 0 saturated carbocycles. The van der Waals surface area contributed by atoms with Crippen LogP contribution in [0.2, 0.25) is 0 Å². The van der Waals surface area contributed by atoms with Gasteiger partial charge in [-0.05, 0) is 30.3 Å². The van der Waals surface area contributed by atoms with Crippen LogP contribution in [0.3, 0.4) is 0 Å². The molecule has 0 aliphatic rings. The third-order valence-electron chi connectivity index (χ3n) is 4.41. The maximum absolute atomic E-state index is 12.8. The molecule has 2 aromatic carbocycles. The molecule has 1 amide bonds. The van der Waals surface area contributed by atoms with Gasteiger partial charge < -0.3 is 14.6 Å². The number of amides is 1. The maximum Gasteiger partial charge on any atom is 0.256 e. The highest BCUT2D eigenvalue weighted by Gasteiger charge is 2.14. The molecule has 0 fully saturated rings. The number of hydrogen-bond acceptors (Lipinski definition) is 4. The Hall–Kier alpha value is -3.45. The summed E-state index contributed by atoms with van der Waals surface area (Å²) in [4.78, 5) is 29.2. The van der Waals surface area contributed by atoms with Crippen molar-refractivity contribution in [3.8, 4) is 11.6 Å². The molecule has 0 aliphatic carbocycles. The first-order valence-corrected chi connectivity index (χ1v) is 9.60. The van der Waals surface area contributed by atoms with Crippen LogP contribution in [0.15, 0.2) is 82.2 Å². The van der Waals surface area contributed by atoms with Gasteiger partial charge in [0.25, 0.3) is 11.5 Å². The van der Waals surface area contributed by atoms with Gasteiger partial charge >= 0.3 is 0 Å². The van der Waals surface area contributed by atoms with Gasteiger partial charge in [0.2, 0.25) is 5.88 Å². The Morgan fingerprint density at radius 3 is 2.66 bits per heavy atom. The van der Waals surface area contributed by atoms with Gasteiger partial charge in [-0.15, -0.1) is 0 Å². The molecule has 2 heterocycles. The molecule has 0 radical (unpaired) electrons. The number of nitrogens with one attached hydrogen (secondary N) is 1. The Balaban J connectivity index is 1.56. The molecular weight excluding hydrogens is 434 g/mol. The summed E-state index contributed by atoms with van der Waals surface area (Å²) in [7, 11) is 1.68. The van der Waals surface area contributed by atoms with E-state index in [2.05, 4.69) is 26.2 Å². The third kappa shape index (κ3) is 4.05. The van der Waals surface area contributed by atoms with Gasteiger partial charge in [-0.25, -0.2) is 4.98 Å². The number of carbonyl (C=O) groups excluding carboxylic acids is 1. The van der Waals surface area contributed by atoms with Gasteiger partial charge in [-0.1, -0.05) is 40.2 Å². The second-order valence-corrected chi connectivity index (χ2v) is 7.29. The Morgan fingerprint density at radius 1 is 1.07 bits per heavy atom. The highest BCUT2D eigenvalue weighted by Crippen LogP contribution is 2.24. The first-order valence-electron chi connectivity index (χ1n) is 8.81. The van der Waals surface area contributed by atoms with E-state index in [1.54, 1.807) is 19.2 Å². The number of anilines is 1. The molecule has 0 saturated heterocycles. The average molecular weight is 450 g/mol. The van der Waals surface area contributed by atoms with Gasteiger partial charge in [0.1, 0.15) is 5.75 Å². The molecule has 6 nitrogen and oxygen atoms in total. The number of para-hydroxylation sites is 1. The van der Waals surface area contributed by atoms with Crippen molar-refractivity contribution in [3.05, 3.63) is 93.3 Å². The highest BCUT2D eigenvalue weighted by molar-refractivity contribution is 9.10. The summed E-state index contributed by atoms with van der Waals surface area (Å²) < 4.78 is 8.11. The quantitative estimate of drug-likeness (QED) is 0.488. The lowest BCUT2D eigenvalue weighted by Gasteiger charge is -2.11. The molecule has 0 unspecified atom stereocenters. The summed E-state index contributed by atoms with van der Waals surface area (Å²) in [6, 6.07) is 19.4. The van der Waals surface area contributed by atoms with E-state index >= 15 is 0 Å². The molecule has 7 heteroatoms. The van der Waals surface area contributed by atoms with E-state index in [1.165, 1.54) is 16.8 Å². The van der Waals surface area contributed by atoms with Crippen molar-refractivity contribution in [2.75, 3.05) is 5.32 Å². The molecule has 4 aromatic rings. The zero-order valence-corrected chi connectivity index (χ0v) is 17.0. The zero-order chi connectivity index (χ0) is 20.4. The minimum absolute atomic E-state index is 0.246. The summed E-state index contributed by atoms with van der Waals surface area (Å²) >= 11 is 3.39. The summed E-state index contributed by atoms with van der Waals surface area (Å²) in [6.07, 6.45) is 1.51. The average Bonchev–Trinajstić information content (AvgIpc) is 2.72. The first-order chi connectivity index (χ1) is 14.0. The molecule has 29 heavy (non-hydrogen) atoms. The Kier molecular flexibility index (Phi) is 5.14. The molecular formula is C22H16BrN3O3. The van der Waals surface area contributed by atoms with E-state index in [-0.39, 0.29) is 11.5 Å². The predicted octanol–water partition coefficient (Wildman–Crippen LogP) is 4.74. The van der Waals surface area contributed by atoms with Crippen LogP contribution in [-0.2, 0) is 7.05 Å². The maximum atomic E-state index is 12.8. The second kappa shape index (κ2) is 7.89. The lowest BCUT2D eigenvalue weighted by Crippen LogP contribution is -2.21. The van der Waals surface area contributed by atoms with E-state index in [1.807, 2.05) is 48.5 Å². The summed E-state index contributed by atoms with van der Waals surface area (Å²) in [6.45, 7) is 0. The lowest BCUT2D eigenvalue weighted by atomic mass is 10.1. The lowest BCUT2D eigenvalue weighted by molar-refractivity contribution is 0.102. The van der Waals surface area contributed by atoms with Crippen molar-refractivity contribution in [1.82, 2.24) is 9.55 Å². The number of fused-ring (bicyclic) bond motifs is 1. The predicted molar refractivity (Wildman–Crippen MR) is 116 cm³/mol. The van der Waals surface area contributed by atoms with Crippen LogP contribution < -0.4 is 15.6 Å². The standard InChI is InChI=1S/C22H16BrN3O3/c1-26-19-8-3-2-7-17(19)18(12-21(26)27)22(28)25-15-9-10-20(24-13-15)29-16-6-4-5-14(23)11-16/h2-13H,1H3,(H,25,28). The van der Waals surface area contributed by atoms with Crippen LogP contribution in [0.25, 0.3) is 10.9 Å². The Labute approximate surface area is 174 Å². The fourth-order valence-corrected chi connectivity index (χ4v) is 3.34. The summed E-state index contributed by atoms with van der Waals surface area (Å²) in [5.74, 6) is 0.678. The van der Waals surface area contributed by atoms with Gasteiger partial charge in [0.05, 0.1) is 23.0 Å². The zero-order valence-electron chi connectivity index (χ0n) is 15.4. The molecule has 0 aliphatic heterocycles. The van der Waals surface area contributed by atoms with Crippen LogP contribution in [-0.4, -0.2) is 15.5 Å². The molecule has 1 N–H and O–H groups in total. The van der Waals surface area contributed by atoms with Crippen LogP contribution in [0, 0.1) is 0 Å². The largest absolute Gasteiger partial charge is 0.439 e. The van der Waals surface area contributed by atoms with Gasteiger partial charge in [0, 0.05) is 29.0 Å². The highest BCUT2D eigenvalue weighted by atomic mass is 79.9. The number of pyridine rings is 2. The van der Waals surface area contributed by atoms with Gasteiger partial charge in [-0.3, -0.25) is 9.59 Å². The number of benzene rings is 2. The molecule has 2 aromatic heterocycles. The molecule has 0 bridgehead atoms. The number of rotatable bonds is 4. The van der Waals surface area contributed by atoms with Crippen molar-refractivity contribution in [3.63, 3.8) is 0 Å². The van der Waals surface area contributed by atoms with Crippen molar-refractivity contribution in [2.45, 2.75) is 0 Å². The summed E-state index contributed by atoms with van der Waals surface area (Å²) in [5, 5.41) is 3.49. The first kappa shape index (κ1) is 18.9. The van der Waals surface area contributed by atoms with E-state index in [9.17, 15) is 9.59 Å². The van der Waals surface area contributed by atoms with Gasteiger partial charge in [-0.2, -0.15) is 0 Å². The number of hydrogen-bond donors (Lipinski definition) is 1. The fourth-order valence-electron chi connectivity index (χ4n) is 2.96. The van der Waals surface area contributed by atoms with Crippen LogP contribution in [0.5, 0.6) is 11.6 Å². The van der Waals surface area contributed by atoms with Crippen molar-refractivity contribution in [1.29, 1.82) is 0 Å². The van der Waals surface area contributed by atoms with Crippen LogP contribution in [0.1, 0.15) is 10.4 Å². The minimum Gasteiger partial charge on any atom is -0.439 e. The van der Waals surface area contributed by atoms with Crippen molar-refractivity contribution in [2.24, 2.45) is 7.05 Å². The number of aromatic nitrogens is 2. The monoisotopic (exact) mass is 449 g/mol. The van der Waals surface area contributed by atoms with E-state index in [0.29, 0.717) is 33.8 Å². The topological polar surface area (TPSA) is 73.2 Å². The van der Waals surface area contributed by atoms with Crippen LogP contribution in [0.4, 0.5) is 5.69 Å². The molecule has 144 valence electrons. The number of carbonyl (C=O) groups is 1. The number of aryl methyl sites for hydroxylation is 1. The fraction of sp³-hybridized carbons (Fsp3) is 0.0455. The smallest absolute Gasteiger partial charge is 0.256 e. The second-order valence-electron chi connectivity index (χ2n) is 6.37. The van der Waals surface area contributed by atoms with E-state index in [0.717, 1.165) is 4.47 Å². The van der Waals surface area contributed by atoms with Crippen molar-refractivity contribution >= 4 is 38.4 Å². The molecule has 4 rings (SSSR count). The Morgan fingerprint density at radius 2 is 1.90 bits per heavy atom. The summed E-state index contributed by atoms with van der Waals surface area (Å²) in [5.41, 5.74) is 1.27. The van der Waals surface area contributed by atoms with E-state index < -0.39 is 0 Å². The van der Waals surface area contributed by atoms with Crippen molar-refractivity contribution < 1.29 is 9.53 Å². The minimum atomic E-state index is -0.374. The molecule has 0 spiro atoms. The molecule has 0 atom stereocenters. The van der Waals surface area contributed by atoms with E-state index in [4.69, 9.17) is 4.74 Å². The van der Waals surface area contributed by atoms with Gasteiger partial charge in [0.15, 0.2) is 0 Å². The number of nitrogens with zero attached hydrogens (tertiary/aromatic N) is 2. The third-order valence-corrected chi connectivity index (χ3v) is 4.90. The number of halogens is 1. The normalized spacial score (nSPS) is 10.7. The SMILES string of the molecule is Cn1c(=O)cc(C(=O)Nc2ccc(Oc3cccc(Br)c3)nc2)c2ccccc21.